The van der Waals surface area contributed by atoms with Crippen LogP contribution in [-0.2, 0) is 4.79 Å². The lowest BCUT2D eigenvalue weighted by atomic mass is 10.1. The number of aliphatic carboxylic acids is 1. The number of carbonyl (C=O) groups is 1. The molecule has 2 aromatic rings. The number of imidazole rings is 1. The van der Waals surface area contributed by atoms with Gasteiger partial charge in [0.2, 0.25) is 0 Å². The maximum atomic E-state index is 13.6. The van der Waals surface area contributed by atoms with Crippen molar-refractivity contribution < 1.29 is 19.0 Å². The maximum Gasteiger partial charge on any atom is 0.313 e. The van der Waals surface area contributed by atoms with Crippen LogP contribution in [0.15, 0.2) is 29.6 Å². The van der Waals surface area contributed by atoms with Gasteiger partial charge in [-0.3, -0.25) is 4.79 Å². The van der Waals surface area contributed by atoms with E-state index in [0.29, 0.717) is 16.4 Å². The van der Waals surface area contributed by atoms with Crippen molar-refractivity contribution >= 4 is 17.7 Å². The molecule has 0 aliphatic carbocycles. The lowest BCUT2D eigenvalue weighted by Crippen LogP contribution is -1.97. The van der Waals surface area contributed by atoms with Gasteiger partial charge >= 0.3 is 5.97 Å². The Labute approximate surface area is 112 Å². The molecule has 1 heterocycles. The van der Waals surface area contributed by atoms with Gasteiger partial charge in [0.15, 0.2) is 16.7 Å². The number of nitrogens with zero attached hydrogens (tertiary/aromatic N) is 1. The van der Waals surface area contributed by atoms with Crippen molar-refractivity contribution in [3.8, 4) is 17.0 Å². The zero-order valence-corrected chi connectivity index (χ0v) is 10.8. The molecule has 0 spiro atoms. The highest BCUT2D eigenvalue weighted by Gasteiger charge is 2.09. The molecule has 0 saturated heterocycles. The Morgan fingerprint density at radius 2 is 2.37 bits per heavy atom. The van der Waals surface area contributed by atoms with E-state index in [9.17, 15) is 9.18 Å². The molecule has 7 heteroatoms. The number of benzene rings is 1. The van der Waals surface area contributed by atoms with Crippen LogP contribution in [0, 0.1) is 5.82 Å². The molecule has 2 N–H and O–H groups in total. The Morgan fingerprint density at radius 1 is 1.58 bits per heavy atom. The van der Waals surface area contributed by atoms with Crippen LogP contribution in [0.1, 0.15) is 0 Å². The standard InChI is InChI=1S/C12H11FN2O3S/c1-18-10-3-2-7(4-8(10)13)9-5-14-12(15-9)19-6-11(16)17/h2-5H,6H2,1H3,(H,14,15)(H,16,17). The maximum absolute atomic E-state index is 13.6. The van der Waals surface area contributed by atoms with Gasteiger partial charge in [-0.25, -0.2) is 9.37 Å². The highest BCUT2D eigenvalue weighted by Crippen LogP contribution is 2.25. The fourth-order valence-corrected chi connectivity index (χ4v) is 2.06. The minimum absolute atomic E-state index is 0.0794. The smallest absolute Gasteiger partial charge is 0.313 e. The van der Waals surface area contributed by atoms with E-state index < -0.39 is 11.8 Å². The van der Waals surface area contributed by atoms with E-state index in [0.717, 1.165) is 11.8 Å². The predicted molar refractivity (Wildman–Crippen MR) is 68.9 cm³/mol. The first-order chi connectivity index (χ1) is 9.10. The monoisotopic (exact) mass is 282 g/mol. The molecule has 0 radical (unpaired) electrons. The summed E-state index contributed by atoms with van der Waals surface area (Å²) in [5.41, 5.74) is 1.24. The average molecular weight is 282 g/mol. The highest BCUT2D eigenvalue weighted by molar-refractivity contribution is 7.99. The predicted octanol–water partition coefficient (Wildman–Crippen LogP) is 2.40. The number of thioether (sulfide) groups is 1. The highest BCUT2D eigenvalue weighted by atomic mass is 32.2. The number of carboxylic acid groups (broad SMARTS) is 1. The van der Waals surface area contributed by atoms with Gasteiger partial charge in [0.25, 0.3) is 0 Å². The first kappa shape index (κ1) is 13.4. The Bertz CT molecular complexity index is 600. The number of carboxylic acids is 1. The summed E-state index contributed by atoms with van der Waals surface area (Å²) in [5.74, 6) is -1.29. The summed E-state index contributed by atoms with van der Waals surface area (Å²) in [7, 11) is 1.40. The number of nitrogens with one attached hydrogen (secondary N) is 1. The van der Waals surface area contributed by atoms with Gasteiger partial charge in [-0.1, -0.05) is 11.8 Å². The summed E-state index contributed by atoms with van der Waals surface area (Å²) < 4.78 is 18.4. The molecule has 0 aliphatic heterocycles. The van der Waals surface area contributed by atoms with Gasteiger partial charge in [-0.2, -0.15) is 0 Å². The summed E-state index contributed by atoms with van der Waals surface area (Å²) in [6.07, 6.45) is 1.53. The lowest BCUT2D eigenvalue weighted by Gasteiger charge is -2.03. The summed E-state index contributed by atoms with van der Waals surface area (Å²) >= 11 is 1.07. The number of aromatic amines is 1. The fourth-order valence-electron chi connectivity index (χ4n) is 1.49. The molecule has 19 heavy (non-hydrogen) atoms. The van der Waals surface area contributed by atoms with Crippen LogP contribution < -0.4 is 4.74 Å². The molecule has 1 aromatic carbocycles. The van der Waals surface area contributed by atoms with E-state index in [4.69, 9.17) is 9.84 Å². The van der Waals surface area contributed by atoms with Gasteiger partial charge < -0.3 is 14.8 Å². The van der Waals surface area contributed by atoms with Crippen LogP contribution in [0.5, 0.6) is 5.75 Å². The molecule has 5 nitrogen and oxygen atoms in total. The normalized spacial score (nSPS) is 10.4. The number of methoxy groups -OCH3 is 1. The van der Waals surface area contributed by atoms with Crippen LogP contribution in [0.25, 0.3) is 11.3 Å². The van der Waals surface area contributed by atoms with Crippen molar-refractivity contribution in [1.29, 1.82) is 0 Å². The molecule has 0 aliphatic rings. The van der Waals surface area contributed by atoms with Crippen molar-refractivity contribution in [3.63, 3.8) is 0 Å². The van der Waals surface area contributed by atoms with Crippen molar-refractivity contribution in [3.05, 3.63) is 30.2 Å². The van der Waals surface area contributed by atoms with Gasteiger partial charge in [0.05, 0.1) is 24.8 Å². The second-order valence-electron chi connectivity index (χ2n) is 3.63. The molecular formula is C12H11FN2O3S. The Morgan fingerprint density at radius 3 is 3.00 bits per heavy atom. The topological polar surface area (TPSA) is 75.2 Å². The quantitative estimate of drug-likeness (QED) is 0.824. The van der Waals surface area contributed by atoms with Crippen LogP contribution in [0.3, 0.4) is 0 Å². The van der Waals surface area contributed by atoms with Gasteiger partial charge in [0, 0.05) is 5.56 Å². The molecule has 0 bridgehead atoms. The third-order valence-electron chi connectivity index (χ3n) is 2.35. The third-order valence-corrected chi connectivity index (χ3v) is 3.22. The number of hydrogen-bond donors (Lipinski definition) is 2. The molecule has 0 amide bonds. The number of H-pyrrole nitrogens is 1. The first-order valence-electron chi connectivity index (χ1n) is 5.33. The SMILES string of the molecule is COc1ccc(-c2cnc(SCC(=O)O)[nH]2)cc1F. The molecule has 2 rings (SSSR count). The van der Waals surface area contributed by atoms with E-state index in [2.05, 4.69) is 9.97 Å². The minimum atomic E-state index is -0.918. The second kappa shape index (κ2) is 5.75. The number of halogens is 1. The van der Waals surface area contributed by atoms with Gasteiger partial charge in [-0.15, -0.1) is 0 Å². The molecule has 0 unspecified atom stereocenters. The zero-order valence-electron chi connectivity index (χ0n) is 10.0. The second-order valence-corrected chi connectivity index (χ2v) is 4.60. The Hall–Kier alpha value is -2.02. The van der Waals surface area contributed by atoms with Crippen molar-refractivity contribution in [2.24, 2.45) is 0 Å². The van der Waals surface area contributed by atoms with Crippen LogP contribution in [-0.4, -0.2) is 33.9 Å². The minimum Gasteiger partial charge on any atom is -0.494 e. The van der Waals surface area contributed by atoms with E-state index in [1.807, 2.05) is 0 Å². The van der Waals surface area contributed by atoms with Crippen molar-refractivity contribution in [2.75, 3.05) is 12.9 Å². The largest absolute Gasteiger partial charge is 0.494 e. The summed E-state index contributed by atoms with van der Waals surface area (Å²) in [4.78, 5) is 17.4. The molecular weight excluding hydrogens is 271 g/mol. The van der Waals surface area contributed by atoms with E-state index in [1.54, 1.807) is 6.07 Å². The fraction of sp³-hybridized carbons (Fsp3) is 0.167. The van der Waals surface area contributed by atoms with Gasteiger partial charge in [-0.05, 0) is 18.2 Å². The number of rotatable bonds is 5. The molecule has 100 valence electrons. The number of hydrogen-bond acceptors (Lipinski definition) is 4. The van der Waals surface area contributed by atoms with E-state index in [1.165, 1.54) is 25.4 Å². The zero-order chi connectivity index (χ0) is 13.8. The Kier molecular flexibility index (Phi) is 4.06. The summed E-state index contributed by atoms with van der Waals surface area (Å²) in [6.45, 7) is 0. The molecule has 0 fully saturated rings. The van der Waals surface area contributed by atoms with E-state index in [-0.39, 0.29) is 11.5 Å². The van der Waals surface area contributed by atoms with Crippen molar-refractivity contribution in [1.82, 2.24) is 9.97 Å². The first-order valence-corrected chi connectivity index (χ1v) is 6.32. The molecule has 0 saturated carbocycles. The lowest BCUT2D eigenvalue weighted by molar-refractivity contribution is -0.133. The van der Waals surface area contributed by atoms with Crippen LogP contribution in [0.4, 0.5) is 4.39 Å². The number of aromatic nitrogens is 2. The molecule has 0 atom stereocenters. The number of ether oxygens (including phenoxy) is 1. The Balaban J connectivity index is 2.18. The van der Waals surface area contributed by atoms with Crippen LogP contribution >= 0.6 is 11.8 Å². The molecule has 1 aromatic heterocycles. The van der Waals surface area contributed by atoms with Gasteiger partial charge in [0.1, 0.15) is 0 Å². The summed E-state index contributed by atoms with van der Waals surface area (Å²) in [5, 5.41) is 9.05. The third kappa shape index (κ3) is 3.25. The van der Waals surface area contributed by atoms with Crippen molar-refractivity contribution in [2.45, 2.75) is 5.16 Å². The average Bonchev–Trinajstić information content (AvgIpc) is 2.85. The summed E-state index contributed by atoms with van der Waals surface area (Å²) in [6, 6.07) is 4.55. The van der Waals surface area contributed by atoms with Crippen LogP contribution in [0.2, 0.25) is 0 Å². The van der Waals surface area contributed by atoms with E-state index >= 15 is 0 Å².